The molecule has 0 saturated heterocycles. The number of carbonyl (C=O) groups is 2. The van der Waals surface area contributed by atoms with Gasteiger partial charge in [0.25, 0.3) is 5.91 Å². The summed E-state index contributed by atoms with van der Waals surface area (Å²) in [6.07, 6.45) is 1.57. The van der Waals surface area contributed by atoms with Crippen LogP contribution in [0.3, 0.4) is 0 Å². The van der Waals surface area contributed by atoms with E-state index in [4.69, 9.17) is 4.42 Å². The molecule has 0 saturated carbocycles. The van der Waals surface area contributed by atoms with E-state index in [0.29, 0.717) is 11.3 Å². The van der Waals surface area contributed by atoms with Gasteiger partial charge in [0.2, 0.25) is 5.91 Å². The van der Waals surface area contributed by atoms with Gasteiger partial charge in [-0.05, 0) is 43.7 Å². The van der Waals surface area contributed by atoms with Crippen molar-refractivity contribution in [2.45, 2.75) is 19.9 Å². The Morgan fingerprint density at radius 1 is 0.963 bits per heavy atom. The van der Waals surface area contributed by atoms with Crippen molar-refractivity contribution in [3.63, 3.8) is 0 Å². The number of furan rings is 1. The largest absolute Gasteiger partial charge is 0.467 e. The second-order valence-corrected chi connectivity index (χ2v) is 6.49. The summed E-state index contributed by atoms with van der Waals surface area (Å²) in [6, 6.07) is 18.3. The summed E-state index contributed by atoms with van der Waals surface area (Å²) in [4.78, 5) is 24.8. The number of aryl methyl sites for hydroxylation is 2. The topological polar surface area (TPSA) is 71.3 Å². The second kappa shape index (κ2) is 8.36. The van der Waals surface area contributed by atoms with E-state index in [1.54, 1.807) is 24.5 Å². The summed E-state index contributed by atoms with van der Waals surface area (Å²) >= 11 is 0. The minimum atomic E-state index is -0.410. The fourth-order valence-corrected chi connectivity index (χ4v) is 3.00. The van der Waals surface area contributed by atoms with Crippen molar-refractivity contribution in [3.05, 3.63) is 94.9 Å². The molecule has 2 aromatic carbocycles. The molecule has 3 rings (SSSR count). The van der Waals surface area contributed by atoms with Gasteiger partial charge in [-0.2, -0.15) is 0 Å². The van der Waals surface area contributed by atoms with Crippen molar-refractivity contribution in [2.24, 2.45) is 0 Å². The van der Waals surface area contributed by atoms with Crippen LogP contribution < -0.4 is 10.6 Å². The average molecular weight is 362 g/mol. The molecule has 5 nitrogen and oxygen atoms in total. The zero-order chi connectivity index (χ0) is 19.2. The van der Waals surface area contributed by atoms with Gasteiger partial charge in [-0.1, -0.05) is 47.5 Å². The Morgan fingerprint density at radius 2 is 1.67 bits per heavy atom. The number of benzene rings is 2. The van der Waals surface area contributed by atoms with E-state index in [9.17, 15) is 9.59 Å². The van der Waals surface area contributed by atoms with Gasteiger partial charge >= 0.3 is 0 Å². The molecule has 0 spiro atoms. The quantitative estimate of drug-likeness (QED) is 0.705. The third-order valence-electron chi connectivity index (χ3n) is 4.16. The molecule has 138 valence electrons. The number of nitrogens with one attached hydrogen (secondary N) is 2. The standard InChI is InChI=1S/C22H22N2O3/c1-15-11-16(2)13-18(12-15)22(26)23-14-20(25)24-21(19-9-6-10-27-19)17-7-4-3-5-8-17/h3-13,21H,14H2,1-2H3,(H,23,26)(H,24,25). The normalized spacial score (nSPS) is 11.6. The fourth-order valence-electron chi connectivity index (χ4n) is 3.00. The average Bonchev–Trinajstić information content (AvgIpc) is 3.18. The summed E-state index contributed by atoms with van der Waals surface area (Å²) in [6.45, 7) is 3.75. The van der Waals surface area contributed by atoms with Crippen molar-refractivity contribution in [1.82, 2.24) is 10.6 Å². The lowest BCUT2D eigenvalue weighted by molar-refractivity contribution is -0.120. The maximum Gasteiger partial charge on any atom is 0.251 e. The number of amides is 2. The summed E-state index contributed by atoms with van der Waals surface area (Å²) in [5, 5.41) is 5.59. The first kappa shape index (κ1) is 18.5. The van der Waals surface area contributed by atoms with Crippen LogP contribution >= 0.6 is 0 Å². The molecule has 0 fully saturated rings. The Morgan fingerprint density at radius 3 is 2.30 bits per heavy atom. The number of rotatable bonds is 6. The zero-order valence-electron chi connectivity index (χ0n) is 15.4. The van der Waals surface area contributed by atoms with Gasteiger partial charge in [0.1, 0.15) is 11.8 Å². The van der Waals surface area contributed by atoms with E-state index in [1.807, 2.05) is 56.3 Å². The van der Waals surface area contributed by atoms with Crippen molar-refractivity contribution >= 4 is 11.8 Å². The Kier molecular flexibility index (Phi) is 5.71. The van der Waals surface area contributed by atoms with Crippen molar-refractivity contribution in [1.29, 1.82) is 0 Å². The maximum absolute atomic E-state index is 12.4. The molecule has 1 unspecified atom stereocenters. The molecule has 0 aliphatic heterocycles. The molecule has 27 heavy (non-hydrogen) atoms. The Hall–Kier alpha value is -3.34. The van der Waals surface area contributed by atoms with Crippen molar-refractivity contribution < 1.29 is 14.0 Å². The molecular formula is C22H22N2O3. The SMILES string of the molecule is Cc1cc(C)cc(C(=O)NCC(=O)NC(c2ccccc2)c2ccco2)c1. The number of carbonyl (C=O) groups excluding carboxylic acids is 2. The van der Waals surface area contributed by atoms with E-state index >= 15 is 0 Å². The first-order valence-electron chi connectivity index (χ1n) is 8.77. The van der Waals surface area contributed by atoms with Crippen LogP contribution in [0.15, 0.2) is 71.3 Å². The third kappa shape index (κ3) is 4.85. The highest BCUT2D eigenvalue weighted by atomic mass is 16.3. The summed E-state index contributed by atoms with van der Waals surface area (Å²) in [5.41, 5.74) is 3.46. The van der Waals surface area contributed by atoms with Gasteiger partial charge < -0.3 is 15.1 Å². The fraction of sp³-hybridized carbons (Fsp3) is 0.182. The van der Waals surface area contributed by atoms with Crippen LogP contribution in [0.5, 0.6) is 0 Å². The molecule has 1 aromatic heterocycles. The molecule has 0 aliphatic rings. The Labute approximate surface area is 158 Å². The number of hydrogen-bond acceptors (Lipinski definition) is 3. The molecule has 0 radical (unpaired) electrons. The summed E-state index contributed by atoms with van der Waals surface area (Å²) in [5.74, 6) is 0.0689. The molecule has 5 heteroatoms. The highest BCUT2D eigenvalue weighted by Gasteiger charge is 2.19. The lowest BCUT2D eigenvalue weighted by Gasteiger charge is -2.17. The maximum atomic E-state index is 12.4. The predicted molar refractivity (Wildman–Crippen MR) is 103 cm³/mol. The van der Waals surface area contributed by atoms with Crippen LogP contribution in [-0.2, 0) is 4.79 Å². The second-order valence-electron chi connectivity index (χ2n) is 6.49. The molecule has 2 N–H and O–H groups in total. The highest BCUT2D eigenvalue weighted by molar-refractivity contribution is 5.96. The summed E-state index contributed by atoms with van der Waals surface area (Å²) < 4.78 is 5.47. The lowest BCUT2D eigenvalue weighted by Crippen LogP contribution is -2.39. The van der Waals surface area contributed by atoms with Crippen LogP contribution in [0.4, 0.5) is 0 Å². The lowest BCUT2D eigenvalue weighted by atomic mass is 10.0. The van der Waals surface area contributed by atoms with E-state index in [2.05, 4.69) is 10.6 Å². The van der Waals surface area contributed by atoms with Crippen LogP contribution in [0, 0.1) is 13.8 Å². The smallest absolute Gasteiger partial charge is 0.251 e. The van der Waals surface area contributed by atoms with E-state index in [1.165, 1.54) is 0 Å². The Balaban J connectivity index is 1.65. The summed E-state index contributed by atoms with van der Waals surface area (Å²) in [7, 11) is 0. The Bertz CT molecular complexity index is 898. The first-order valence-corrected chi connectivity index (χ1v) is 8.77. The highest BCUT2D eigenvalue weighted by Crippen LogP contribution is 2.22. The molecule has 1 atom stereocenters. The van der Waals surface area contributed by atoms with Gasteiger partial charge in [0, 0.05) is 5.56 Å². The third-order valence-corrected chi connectivity index (χ3v) is 4.16. The predicted octanol–water partition coefficient (Wildman–Crippen LogP) is 3.53. The van der Waals surface area contributed by atoms with Gasteiger partial charge in [-0.25, -0.2) is 0 Å². The van der Waals surface area contributed by atoms with E-state index in [-0.39, 0.29) is 18.4 Å². The van der Waals surface area contributed by atoms with Crippen LogP contribution in [-0.4, -0.2) is 18.4 Å². The monoisotopic (exact) mass is 362 g/mol. The number of hydrogen-bond donors (Lipinski definition) is 2. The molecule has 3 aromatic rings. The van der Waals surface area contributed by atoms with E-state index in [0.717, 1.165) is 16.7 Å². The minimum Gasteiger partial charge on any atom is -0.467 e. The molecule has 2 amide bonds. The van der Waals surface area contributed by atoms with E-state index < -0.39 is 6.04 Å². The van der Waals surface area contributed by atoms with Crippen molar-refractivity contribution in [2.75, 3.05) is 6.54 Å². The molecule has 0 aliphatic carbocycles. The molecule has 0 bridgehead atoms. The van der Waals surface area contributed by atoms with Crippen LogP contribution in [0.2, 0.25) is 0 Å². The van der Waals surface area contributed by atoms with Crippen LogP contribution in [0.25, 0.3) is 0 Å². The van der Waals surface area contributed by atoms with Gasteiger partial charge in [0.05, 0.1) is 12.8 Å². The van der Waals surface area contributed by atoms with Gasteiger partial charge in [-0.3, -0.25) is 9.59 Å². The first-order chi connectivity index (χ1) is 13.0. The van der Waals surface area contributed by atoms with Crippen LogP contribution in [0.1, 0.15) is 38.9 Å². The zero-order valence-corrected chi connectivity index (χ0v) is 15.4. The van der Waals surface area contributed by atoms with Crippen molar-refractivity contribution in [3.8, 4) is 0 Å². The molecular weight excluding hydrogens is 340 g/mol. The minimum absolute atomic E-state index is 0.115. The van der Waals surface area contributed by atoms with Gasteiger partial charge in [-0.15, -0.1) is 0 Å². The molecule has 1 heterocycles. The van der Waals surface area contributed by atoms with Gasteiger partial charge in [0.15, 0.2) is 0 Å².